The number of aliphatic hydroxyl groups is 1. The summed E-state index contributed by atoms with van der Waals surface area (Å²) in [6, 6.07) is 0. The molecule has 4 nitrogen and oxygen atoms in total. The molecule has 23 heavy (non-hydrogen) atoms. The van der Waals surface area contributed by atoms with Crippen molar-refractivity contribution >= 4 is 0 Å². The van der Waals surface area contributed by atoms with Crippen LogP contribution in [0.2, 0.25) is 0 Å². The van der Waals surface area contributed by atoms with Crippen molar-refractivity contribution in [2.45, 2.75) is 44.9 Å². The van der Waals surface area contributed by atoms with Gasteiger partial charge in [-0.15, -0.1) is 0 Å². The summed E-state index contributed by atoms with van der Waals surface area (Å²) < 4.78 is 0. The molecular weight excluding hydrogens is 286 g/mol. The van der Waals surface area contributed by atoms with Gasteiger partial charge in [-0.25, -0.2) is 0 Å². The van der Waals surface area contributed by atoms with Crippen LogP contribution >= 0.6 is 0 Å². The van der Waals surface area contributed by atoms with Crippen LogP contribution in [-0.2, 0) is 0 Å². The molecule has 0 aromatic heterocycles. The molecular formula is C19H37N3O. The van der Waals surface area contributed by atoms with Gasteiger partial charge in [-0.3, -0.25) is 0 Å². The second-order valence-corrected chi connectivity index (χ2v) is 8.18. The van der Waals surface area contributed by atoms with E-state index in [2.05, 4.69) is 15.1 Å². The van der Waals surface area contributed by atoms with Crippen molar-refractivity contribution < 1.29 is 5.11 Å². The topological polar surface area (TPSA) is 38.7 Å². The largest absolute Gasteiger partial charge is 0.395 e. The summed E-state index contributed by atoms with van der Waals surface area (Å²) in [6.07, 6.45) is 9.81. The third-order valence-electron chi connectivity index (χ3n) is 6.47. The molecule has 3 rings (SSSR count). The maximum Gasteiger partial charge on any atom is 0.0558 e. The van der Waals surface area contributed by atoms with Crippen LogP contribution in [0, 0.1) is 17.8 Å². The molecule has 3 saturated heterocycles. The summed E-state index contributed by atoms with van der Waals surface area (Å²) in [5.74, 6) is 2.88. The molecule has 0 amide bonds. The van der Waals surface area contributed by atoms with E-state index in [1.807, 2.05) is 0 Å². The van der Waals surface area contributed by atoms with Gasteiger partial charge in [0.1, 0.15) is 0 Å². The van der Waals surface area contributed by atoms with E-state index in [9.17, 15) is 0 Å². The number of nitrogens with zero attached hydrogens (tertiary/aromatic N) is 2. The van der Waals surface area contributed by atoms with Crippen molar-refractivity contribution in [1.29, 1.82) is 0 Å². The van der Waals surface area contributed by atoms with E-state index >= 15 is 0 Å². The van der Waals surface area contributed by atoms with Gasteiger partial charge in [0, 0.05) is 13.1 Å². The number of β-amino-alcohol motifs (C(OH)–C–C–N with tert-alkyl or cyclic N) is 1. The lowest BCUT2D eigenvalue weighted by Crippen LogP contribution is -2.41. The molecule has 3 aliphatic rings. The molecule has 0 aliphatic carbocycles. The fourth-order valence-electron chi connectivity index (χ4n) is 4.89. The Hall–Kier alpha value is -0.160. The average Bonchev–Trinajstić information content (AvgIpc) is 2.60. The van der Waals surface area contributed by atoms with Gasteiger partial charge in [0.25, 0.3) is 0 Å². The highest BCUT2D eigenvalue weighted by Crippen LogP contribution is 2.30. The second kappa shape index (κ2) is 9.36. The number of nitrogens with one attached hydrogen (secondary N) is 1. The first-order valence-electron chi connectivity index (χ1n) is 10.1. The smallest absolute Gasteiger partial charge is 0.0558 e. The molecule has 0 radical (unpaired) electrons. The zero-order chi connectivity index (χ0) is 15.9. The number of aliphatic hydroxyl groups excluding tert-OH is 1. The highest BCUT2D eigenvalue weighted by Gasteiger charge is 2.26. The predicted octanol–water partition coefficient (Wildman–Crippen LogP) is 1.79. The van der Waals surface area contributed by atoms with Crippen molar-refractivity contribution in [3.05, 3.63) is 0 Å². The van der Waals surface area contributed by atoms with E-state index < -0.39 is 0 Å². The lowest BCUT2D eigenvalue weighted by atomic mass is 9.82. The molecule has 0 aromatic rings. The summed E-state index contributed by atoms with van der Waals surface area (Å²) in [6.45, 7) is 10.1. The monoisotopic (exact) mass is 323 g/mol. The first-order chi connectivity index (χ1) is 11.3. The zero-order valence-electron chi connectivity index (χ0n) is 14.9. The number of hydrogen-bond acceptors (Lipinski definition) is 4. The molecule has 0 aromatic carbocycles. The minimum atomic E-state index is 0.320. The van der Waals surface area contributed by atoms with Gasteiger partial charge in [0.15, 0.2) is 0 Å². The molecule has 0 unspecified atom stereocenters. The normalized spacial score (nSPS) is 27.5. The first kappa shape index (κ1) is 17.7. The van der Waals surface area contributed by atoms with Crippen LogP contribution in [0.25, 0.3) is 0 Å². The van der Waals surface area contributed by atoms with Gasteiger partial charge in [-0.1, -0.05) is 0 Å². The van der Waals surface area contributed by atoms with Crippen LogP contribution in [0.15, 0.2) is 0 Å². The maximum absolute atomic E-state index is 9.04. The van der Waals surface area contributed by atoms with Crippen LogP contribution in [0.5, 0.6) is 0 Å². The van der Waals surface area contributed by atoms with Crippen LogP contribution in [0.4, 0.5) is 0 Å². The molecule has 2 N–H and O–H groups in total. The van der Waals surface area contributed by atoms with E-state index in [-0.39, 0.29) is 0 Å². The molecule has 3 fully saturated rings. The molecule has 0 bridgehead atoms. The standard InChI is InChI=1S/C19H37N3O/c23-14-13-21-9-3-17(4-10-21)15-18-5-11-22(12-6-18)16-19-1-7-20-8-2-19/h17-20,23H,1-16H2. The number of rotatable bonds is 6. The molecule has 0 spiro atoms. The van der Waals surface area contributed by atoms with E-state index in [0.29, 0.717) is 6.61 Å². The Morgan fingerprint density at radius 1 is 0.739 bits per heavy atom. The molecule has 3 aliphatic heterocycles. The first-order valence-corrected chi connectivity index (χ1v) is 10.1. The van der Waals surface area contributed by atoms with Crippen LogP contribution in [-0.4, -0.2) is 73.9 Å². The Morgan fingerprint density at radius 3 is 1.87 bits per heavy atom. The van der Waals surface area contributed by atoms with Crippen molar-refractivity contribution in [3.8, 4) is 0 Å². The Labute approximate surface area is 142 Å². The summed E-state index contributed by atoms with van der Waals surface area (Å²) in [5, 5.41) is 12.5. The predicted molar refractivity (Wildman–Crippen MR) is 95.6 cm³/mol. The van der Waals surface area contributed by atoms with Gasteiger partial charge in [0.05, 0.1) is 6.61 Å². The van der Waals surface area contributed by atoms with E-state index in [1.165, 1.54) is 90.8 Å². The van der Waals surface area contributed by atoms with Crippen molar-refractivity contribution in [2.24, 2.45) is 17.8 Å². The Kier molecular flexibility index (Phi) is 7.18. The highest BCUT2D eigenvalue weighted by molar-refractivity contribution is 4.80. The molecule has 134 valence electrons. The summed E-state index contributed by atoms with van der Waals surface area (Å²) in [7, 11) is 0. The Morgan fingerprint density at radius 2 is 1.30 bits per heavy atom. The minimum Gasteiger partial charge on any atom is -0.395 e. The summed E-state index contributed by atoms with van der Waals surface area (Å²) in [4.78, 5) is 5.18. The Bertz CT molecular complexity index is 317. The third-order valence-corrected chi connectivity index (χ3v) is 6.47. The molecule has 4 heteroatoms. The Balaban J connectivity index is 1.30. The van der Waals surface area contributed by atoms with Crippen molar-refractivity contribution in [2.75, 3.05) is 59.0 Å². The zero-order valence-corrected chi connectivity index (χ0v) is 14.9. The van der Waals surface area contributed by atoms with Gasteiger partial charge in [-0.2, -0.15) is 0 Å². The fourth-order valence-corrected chi connectivity index (χ4v) is 4.89. The maximum atomic E-state index is 9.04. The van der Waals surface area contributed by atoms with Crippen molar-refractivity contribution in [1.82, 2.24) is 15.1 Å². The highest BCUT2D eigenvalue weighted by atomic mass is 16.3. The SMILES string of the molecule is OCCN1CCC(CC2CCN(CC3CCNCC3)CC2)CC1. The van der Waals surface area contributed by atoms with E-state index in [0.717, 1.165) is 24.3 Å². The third kappa shape index (κ3) is 5.70. The summed E-state index contributed by atoms with van der Waals surface area (Å²) >= 11 is 0. The molecule has 0 atom stereocenters. The van der Waals surface area contributed by atoms with Gasteiger partial charge in [0.2, 0.25) is 0 Å². The van der Waals surface area contributed by atoms with Gasteiger partial charge >= 0.3 is 0 Å². The number of likely N-dealkylation sites (tertiary alicyclic amines) is 2. The van der Waals surface area contributed by atoms with Crippen LogP contribution in [0.1, 0.15) is 44.9 Å². The fraction of sp³-hybridized carbons (Fsp3) is 1.00. The average molecular weight is 324 g/mol. The summed E-state index contributed by atoms with van der Waals surface area (Å²) in [5.41, 5.74) is 0. The van der Waals surface area contributed by atoms with E-state index in [1.54, 1.807) is 0 Å². The van der Waals surface area contributed by atoms with Gasteiger partial charge < -0.3 is 20.2 Å². The minimum absolute atomic E-state index is 0.320. The molecule has 0 saturated carbocycles. The lowest BCUT2D eigenvalue weighted by Gasteiger charge is -2.38. The van der Waals surface area contributed by atoms with Crippen LogP contribution in [0.3, 0.4) is 0 Å². The number of hydrogen-bond donors (Lipinski definition) is 2. The van der Waals surface area contributed by atoms with Crippen LogP contribution < -0.4 is 5.32 Å². The van der Waals surface area contributed by atoms with Crippen molar-refractivity contribution in [3.63, 3.8) is 0 Å². The lowest BCUT2D eigenvalue weighted by molar-refractivity contribution is 0.111. The number of piperidine rings is 3. The molecule has 3 heterocycles. The van der Waals surface area contributed by atoms with Gasteiger partial charge in [-0.05, 0) is 102 Å². The quantitative estimate of drug-likeness (QED) is 0.782. The van der Waals surface area contributed by atoms with E-state index in [4.69, 9.17) is 5.11 Å². The second-order valence-electron chi connectivity index (χ2n) is 8.18.